The fourth-order valence-electron chi connectivity index (χ4n) is 3.48. The van der Waals surface area contributed by atoms with Gasteiger partial charge in [-0.15, -0.1) is 0 Å². The fourth-order valence-corrected chi connectivity index (χ4v) is 4.67. The summed E-state index contributed by atoms with van der Waals surface area (Å²) in [6.07, 6.45) is -0.269. The molecule has 188 valence electrons. The Morgan fingerprint density at radius 3 is 2.53 bits per heavy atom. The number of nitrogens with zero attached hydrogens (tertiary/aromatic N) is 2. The van der Waals surface area contributed by atoms with Crippen molar-refractivity contribution in [2.45, 2.75) is 37.1 Å². The summed E-state index contributed by atoms with van der Waals surface area (Å²) in [5.74, 6) is -0.945. The van der Waals surface area contributed by atoms with Gasteiger partial charge in [0.2, 0.25) is 5.09 Å². The van der Waals surface area contributed by atoms with E-state index in [1.54, 1.807) is 6.07 Å². The van der Waals surface area contributed by atoms with E-state index in [2.05, 4.69) is 14.7 Å². The Hall–Kier alpha value is -3.64. The number of hydrogen-bond donors (Lipinski definition) is 1. The molecular formula is C24H19F4N3O4S. The van der Waals surface area contributed by atoms with Gasteiger partial charge in [0, 0.05) is 47.6 Å². The van der Waals surface area contributed by atoms with Gasteiger partial charge >= 0.3 is 6.18 Å². The van der Waals surface area contributed by atoms with Gasteiger partial charge in [-0.1, -0.05) is 6.07 Å². The highest BCUT2D eigenvalue weighted by molar-refractivity contribution is 7.89. The van der Waals surface area contributed by atoms with Crippen molar-refractivity contribution in [3.63, 3.8) is 0 Å². The van der Waals surface area contributed by atoms with Crippen LogP contribution in [0.4, 0.5) is 17.6 Å². The maximum Gasteiger partial charge on any atom is 0.433 e. The number of Topliss-reactive ketones (excluding diaryl/α,β-unsaturated/α-hetero) is 1. The lowest BCUT2D eigenvalue weighted by Crippen LogP contribution is -2.38. The minimum atomic E-state index is -4.54. The molecular weight excluding hydrogens is 502 g/mol. The van der Waals surface area contributed by atoms with Crippen LogP contribution in [0.5, 0.6) is 0 Å². The van der Waals surface area contributed by atoms with Crippen LogP contribution in [0.2, 0.25) is 0 Å². The maximum absolute atomic E-state index is 13.4. The molecule has 1 aromatic carbocycles. The minimum absolute atomic E-state index is 0.0224. The van der Waals surface area contributed by atoms with E-state index in [1.165, 1.54) is 37.5 Å². The summed E-state index contributed by atoms with van der Waals surface area (Å²) in [6.45, 7) is 1.39. The summed E-state index contributed by atoms with van der Waals surface area (Å²) in [4.78, 5) is 20.1. The van der Waals surface area contributed by atoms with Crippen molar-refractivity contribution in [2.75, 3.05) is 0 Å². The average molecular weight is 521 g/mol. The molecule has 0 fully saturated rings. The molecule has 0 saturated carbocycles. The highest BCUT2D eigenvalue weighted by Crippen LogP contribution is 2.29. The Kier molecular flexibility index (Phi) is 6.92. The standard InChI is InChI=1S/C24H19F4N3O4S/c1-14(31-36(33,34)23-10-17-9-19(25)4-6-21(17)35-23)20(32)5-2-15-8-18(12-29-11-15)16-3-7-22(30-13-16)24(26,27)28/h3-4,6-14,31H,2,5H2,1H3/t14-/m0/s1. The number of halogens is 4. The molecule has 0 amide bonds. The van der Waals surface area contributed by atoms with E-state index in [1.807, 2.05) is 0 Å². The largest absolute Gasteiger partial charge is 0.443 e. The van der Waals surface area contributed by atoms with E-state index in [4.69, 9.17) is 4.42 Å². The molecule has 12 heteroatoms. The maximum atomic E-state index is 13.4. The molecule has 0 radical (unpaired) electrons. The number of furan rings is 1. The number of fused-ring (bicyclic) bond motifs is 1. The fraction of sp³-hybridized carbons (Fsp3) is 0.208. The van der Waals surface area contributed by atoms with Crippen LogP contribution in [0.3, 0.4) is 0 Å². The van der Waals surface area contributed by atoms with E-state index in [0.29, 0.717) is 16.7 Å². The number of aromatic nitrogens is 2. The molecule has 36 heavy (non-hydrogen) atoms. The molecule has 1 atom stereocenters. The summed E-state index contributed by atoms with van der Waals surface area (Å²) < 4.78 is 84.3. The zero-order valence-electron chi connectivity index (χ0n) is 18.7. The second kappa shape index (κ2) is 9.78. The molecule has 0 unspecified atom stereocenters. The van der Waals surface area contributed by atoms with Gasteiger partial charge in [0.1, 0.15) is 17.1 Å². The van der Waals surface area contributed by atoms with E-state index >= 15 is 0 Å². The molecule has 4 rings (SSSR count). The normalized spacial score (nSPS) is 13.1. The van der Waals surface area contributed by atoms with Gasteiger partial charge in [0.05, 0.1) is 6.04 Å². The van der Waals surface area contributed by atoms with E-state index in [-0.39, 0.29) is 23.8 Å². The van der Waals surface area contributed by atoms with Gasteiger partial charge in [-0.2, -0.15) is 17.9 Å². The number of rotatable bonds is 8. The Morgan fingerprint density at radius 1 is 1.06 bits per heavy atom. The van der Waals surface area contributed by atoms with Gasteiger partial charge in [-0.3, -0.25) is 14.8 Å². The predicted octanol–water partition coefficient (Wildman–Crippen LogP) is 4.92. The van der Waals surface area contributed by atoms with Crippen molar-refractivity contribution >= 4 is 26.8 Å². The Morgan fingerprint density at radius 2 is 1.83 bits per heavy atom. The molecule has 4 aromatic rings. The van der Waals surface area contributed by atoms with Gasteiger partial charge in [0.15, 0.2) is 5.78 Å². The number of nitrogens with one attached hydrogen (secondary N) is 1. The third kappa shape index (κ3) is 5.77. The second-order valence-electron chi connectivity index (χ2n) is 8.07. The molecule has 0 spiro atoms. The van der Waals surface area contributed by atoms with Crippen LogP contribution in [0.15, 0.2) is 70.6 Å². The number of ketones is 1. The van der Waals surface area contributed by atoms with Crippen molar-refractivity contribution in [3.8, 4) is 11.1 Å². The summed E-state index contributed by atoms with van der Waals surface area (Å²) >= 11 is 0. The van der Waals surface area contributed by atoms with Gasteiger partial charge in [0.25, 0.3) is 10.0 Å². The number of benzene rings is 1. The smallest absolute Gasteiger partial charge is 0.433 e. The quantitative estimate of drug-likeness (QED) is 0.331. The lowest BCUT2D eigenvalue weighted by molar-refractivity contribution is -0.141. The number of hydrogen-bond acceptors (Lipinski definition) is 6. The molecule has 0 aliphatic heterocycles. The first kappa shape index (κ1) is 25.5. The highest BCUT2D eigenvalue weighted by Gasteiger charge is 2.32. The van der Waals surface area contributed by atoms with Crippen molar-refractivity contribution in [3.05, 3.63) is 78.1 Å². The zero-order chi connectivity index (χ0) is 26.1. The number of carbonyl (C=O) groups excluding carboxylic acids is 1. The third-order valence-electron chi connectivity index (χ3n) is 5.38. The minimum Gasteiger partial charge on any atom is -0.443 e. The van der Waals surface area contributed by atoms with E-state index in [0.717, 1.165) is 24.4 Å². The van der Waals surface area contributed by atoms with E-state index in [9.17, 15) is 30.8 Å². The van der Waals surface area contributed by atoms with Gasteiger partial charge in [-0.25, -0.2) is 12.8 Å². The molecule has 0 aliphatic rings. The molecule has 3 aromatic heterocycles. The number of sulfonamides is 1. The molecule has 7 nitrogen and oxygen atoms in total. The van der Waals surface area contributed by atoms with Crippen LogP contribution >= 0.6 is 0 Å². The number of aryl methyl sites for hydroxylation is 1. The second-order valence-corrected chi connectivity index (χ2v) is 9.71. The van der Waals surface area contributed by atoms with Crippen LogP contribution in [-0.2, 0) is 27.4 Å². The van der Waals surface area contributed by atoms with Crippen molar-refractivity contribution in [2.24, 2.45) is 0 Å². The molecule has 0 bridgehead atoms. The summed E-state index contributed by atoms with van der Waals surface area (Å²) in [5, 5.41) is -0.171. The summed E-state index contributed by atoms with van der Waals surface area (Å²) in [6, 6.07) is 7.51. The topological polar surface area (TPSA) is 102 Å². The molecule has 0 saturated heterocycles. The first-order valence-corrected chi connectivity index (χ1v) is 12.1. The number of carbonyl (C=O) groups is 1. The lowest BCUT2D eigenvalue weighted by atomic mass is 10.0. The highest BCUT2D eigenvalue weighted by atomic mass is 32.2. The molecule has 0 aliphatic carbocycles. The number of pyridine rings is 2. The first-order valence-electron chi connectivity index (χ1n) is 10.6. The average Bonchev–Trinajstić information content (AvgIpc) is 3.26. The van der Waals surface area contributed by atoms with Crippen LogP contribution in [-0.4, -0.2) is 30.2 Å². The SMILES string of the molecule is C[C@H](NS(=O)(=O)c1cc2cc(F)ccc2o1)C(=O)CCc1cncc(-c2ccc(C(F)(F)F)nc2)c1. The first-order chi connectivity index (χ1) is 16.9. The number of alkyl halides is 3. The van der Waals surface area contributed by atoms with Gasteiger partial charge in [-0.05, 0) is 49.2 Å². The Labute approximate surface area is 203 Å². The van der Waals surface area contributed by atoms with Crippen LogP contribution in [0, 0.1) is 5.82 Å². The predicted molar refractivity (Wildman–Crippen MR) is 122 cm³/mol. The molecule has 1 N–H and O–H groups in total. The van der Waals surface area contributed by atoms with Crippen molar-refractivity contribution in [1.82, 2.24) is 14.7 Å². The summed E-state index contributed by atoms with van der Waals surface area (Å²) in [5.41, 5.74) is 0.764. The van der Waals surface area contributed by atoms with Crippen LogP contribution < -0.4 is 4.72 Å². The zero-order valence-corrected chi connectivity index (χ0v) is 19.5. The van der Waals surface area contributed by atoms with Crippen molar-refractivity contribution < 1.29 is 35.2 Å². The van der Waals surface area contributed by atoms with Gasteiger partial charge < -0.3 is 4.42 Å². The van der Waals surface area contributed by atoms with E-state index < -0.39 is 44.6 Å². The van der Waals surface area contributed by atoms with Crippen molar-refractivity contribution in [1.29, 1.82) is 0 Å². The lowest BCUT2D eigenvalue weighted by Gasteiger charge is -2.12. The Bertz CT molecular complexity index is 1520. The summed E-state index contributed by atoms with van der Waals surface area (Å²) in [7, 11) is -4.18. The monoisotopic (exact) mass is 521 g/mol. The third-order valence-corrected chi connectivity index (χ3v) is 6.77. The molecule has 3 heterocycles. The van der Waals surface area contributed by atoms with Crippen LogP contribution in [0.1, 0.15) is 24.6 Å². The Balaban J connectivity index is 1.39. The van der Waals surface area contributed by atoms with Crippen LogP contribution in [0.25, 0.3) is 22.1 Å².